The smallest absolute Gasteiger partial charge is 0.252 e. The Labute approximate surface area is 78.5 Å². The number of aromatic nitrogens is 1. The molecule has 0 aliphatic carbocycles. The first-order valence-corrected chi connectivity index (χ1v) is 4.09. The third-order valence-corrected chi connectivity index (χ3v) is 2.05. The van der Waals surface area contributed by atoms with Gasteiger partial charge in [0.15, 0.2) is 0 Å². The maximum absolute atomic E-state index is 12.9. The molecule has 0 spiro atoms. The van der Waals surface area contributed by atoms with Crippen LogP contribution in [0.4, 0.5) is 13.2 Å². The fourth-order valence-electron chi connectivity index (χ4n) is 1.02. The van der Waals surface area contributed by atoms with E-state index < -0.39 is 17.9 Å². The first-order valence-electron chi connectivity index (χ1n) is 3.56. The maximum atomic E-state index is 12.9. The third-order valence-electron chi connectivity index (χ3n) is 1.78. The Bertz CT molecular complexity index is 315. The van der Waals surface area contributed by atoms with Gasteiger partial charge in [0.1, 0.15) is 11.5 Å². The van der Waals surface area contributed by atoms with Crippen LogP contribution in [0.2, 0.25) is 0 Å². The van der Waals surface area contributed by atoms with Crippen LogP contribution < -0.4 is 0 Å². The number of pyridine rings is 1. The third kappa shape index (κ3) is 1.94. The Morgan fingerprint density at radius 2 is 2.15 bits per heavy atom. The quantitative estimate of drug-likeness (QED) is 0.682. The van der Waals surface area contributed by atoms with Crippen molar-refractivity contribution < 1.29 is 13.2 Å². The van der Waals surface area contributed by atoms with Gasteiger partial charge >= 0.3 is 0 Å². The van der Waals surface area contributed by atoms with Crippen molar-refractivity contribution in [3.05, 3.63) is 28.8 Å². The molecule has 0 aromatic carbocycles. The number of hydrogen-bond donors (Lipinski definition) is 0. The van der Waals surface area contributed by atoms with Crippen LogP contribution in [-0.4, -0.2) is 4.98 Å². The maximum Gasteiger partial charge on any atom is 0.280 e. The zero-order chi connectivity index (χ0) is 10.0. The molecule has 0 N–H and O–H groups in total. The molecule has 0 radical (unpaired) electrons. The number of nitrogens with zero attached hydrogens (tertiary/aromatic N) is 1. The summed E-state index contributed by atoms with van der Waals surface area (Å²) in [6, 6.07) is 0. The summed E-state index contributed by atoms with van der Waals surface area (Å²) in [5, 5.41) is 0. The van der Waals surface area contributed by atoms with E-state index in [1.54, 1.807) is 0 Å². The highest BCUT2D eigenvalue weighted by molar-refractivity contribution is 6.17. The van der Waals surface area contributed by atoms with Crippen LogP contribution in [-0.2, 0) is 5.88 Å². The Balaban J connectivity index is 3.27. The monoisotopic (exact) mass is 209 g/mol. The molecule has 1 heterocycles. The standard InChI is InChI=1S/C8H7ClF3N/c1-4-5(2-9)6(10)3-13-7(4)8(11)12/h3,8H,2H2,1H3. The van der Waals surface area contributed by atoms with E-state index in [0.29, 0.717) is 0 Å². The summed E-state index contributed by atoms with van der Waals surface area (Å²) < 4.78 is 37.4. The summed E-state index contributed by atoms with van der Waals surface area (Å²) in [7, 11) is 0. The lowest BCUT2D eigenvalue weighted by Crippen LogP contribution is -2.01. The molecule has 0 atom stereocenters. The van der Waals surface area contributed by atoms with Gasteiger partial charge in [-0.2, -0.15) is 0 Å². The number of alkyl halides is 3. The van der Waals surface area contributed by atoms with E-state index in [-0.39, 0.29) is 17.0 Å². The van der Waals surface area contributed by atoms with Crippen LogP contribution in [0.15, 0.2) is 6.20 Å². The molecule has 0 amide bonds. The highest BCUT2D eigenvalue weighted by Crippen LogP contribution is 2.24. The average Bonchev–Trinajstić information content (AvgIpc) is 2.04. The second-order valence-electron chi connectivity index (χ2n) is 2.53. The first-order chi connectivity index (χ1) is 6.07. The fourth-order valence-corrected chi connectivity index (χ4v) is 1.35. The van der Waals surface area contributed by atoms with Crippen molar-refractivity contribution in [3.63, 3.8) is 0 Å². The van der Waals surface area contributed by atoms with Gasteiger partial charge in [-0.15, -0.1) is 11.6 Å². The zero-order valence-electron chi connectivity index (χ0n) is 6.82. The van der Waals surface area contributed by atoms with E-state index >= 15 is 0 Å². The van der Waals surface area contributed by atoms with Gasteiger partial charge in [0, 0.05) is 5.56 Å². The average molecular weight is 210 g/mol. The Hall–Kier alpha value is -0.770. The van der Waals surface area contributed by atoms with E-state index in [9.17, 15) is 13.2 Å². The van der Waals surface area contributed by atoms with Gasteiger partial charge in [0.2, 0.25) is 0 Å². The number of hydrogen-bond acceptors (Lipinski definition) is 1. The summed E-state index contributed by atoms with van der Waals surface area (Å²) in [5.74, 6) is -0.767. The van der Waals surface area contributed by atoms with Crippen LogP contribution in [0, 0.1) is 12.7 Å². The summed E-state index contributed by atoms with van der Waals surface area (Å²) >= 11 is 5.40. The molecule has 13 heavy (non-hydrogen) atoms. The predicted octanol–water partition coefficient (Wildman–Crippen LogP) is 3.21. The second kappa shape index (κ2) is 3.96. The highest BCUT2D eigenvalue weighted by Gasteiger charge is 2.17. The largest absolute Gasteiger partial charge is 0.280 e. The van der Waals surface area contributed by atoms with E-state index in [2.05, 4.69) is 4.98 Å². The van der Waals surface area contributed by atoms with Gasteiger partial charge in [-0.3, -0.25) is 4.98 Å². The van der Waals surface area contributed by atoms with Crippen molar-refractivity contribution in [2.24, 2.45) is 0 Å². The van der Waals surface area contributed by atoms with Crippen LogP contribution >= 0.6 is 11.6 Å². The zero-order valence-corrected chi connectivity index (χ0v) is 7.58. The minimum atomic E-state index is -2.69. The van der Waals surface area contributed by atoms with Crippen LogP contribution in [0.25, 0.3) is 0 Å². The molecule has 1 rings (SSSR count). The molecule has 72 valence electrons. The van der Waals surface area contributed by atoms with E-state index in [0.717, 1.165) is 6.20 Å². The molecule has 0 aliphatic rings. The lowest BCUT2D eigenvalue weighted by Gasteiger charge is -2.08. The molecule has 1 nitrogen and oxygen atoms in total. The lowest BCUT2D eigenvalue weighted by atomic mass is 10.1. The van der Waals surface area contributed by atoms with Crippen molar-refractivity contribution in [1.29, 1.82) is 0 Å². The normalized spacial score (nSPS) is 10.9. The molecule has 0 saturated carbocycles. The first kappa shape index (κ1) is 10.3. The summed E-state index contributed by atoms with van der Waals surface area (Å²) in [5.41, 5.74) is -0.186. The Morgan fingerprint density at radius 3 is 2.62 bits per heavy atom. The lowest BCUT2D eigenvalue weighted by molar-refractivity contribution is 0.145. The highest BCUT2D eigenvalue weighted by atomic mass is 35.5. The second-order valence-corrected chi connectivity index (χ2v) is 2.80. The van der Waals surface area contributed by atoms with E-state index in [4.69, 9.17) is 11.6 Å². The topological polar surface area (TPSA) is 12.9 Å². The van der Waals surface area contributed by atoms with Crippen molar-refractivity contribution in [2.45, 2.75) is 19.2 Å². The molecule has 0 bridgehead atoms. The SMILES string of the molecule is Cc1c(C(F)F)ncc(F)c1CCl. The minimum Gasteiger partial charge on any atom is -0.252 e. The molecule has 0 unspecified atom stereocenters. The van der Waals surface area contributed by atoms with Crippen molar-refractivity contribution in [3.8, 4) is 0 Å². The molecule has 0 fully saturated rings. The molecule has 0 aliphatic heterocycles. The summed E-state index contributed by atoms with van der Waals surface area (Å²) in [4.78, 5) is 3.30. The molecule has 1 aromatic heterocycles. The van der Waals surface area contributed by atoms with Crippen LogP contribution in [0.3, 0.4) is 0 Å². The fraction of sp³-hybridized carbons (Fsp3) is 0.375. The minimum absolute atomic E-state index is 0.0898. The van der Waals surface area contributed by atoms with Gasteiger partial charge in [0.05, 0.1) is 12.1 Å². The Kier molecular flexibility index (Phi) is 3.14. The van der Waals surface area contributed by atoms with Gasteiger partial charge in [-0.1, -0.05) is 0 Å². The molecular weight excluding hydrogens is 203 g/mol. The van der Waals surface area contributed by atoms with Crippen LogP contribution in [0.5, 0.6) is 0 Å². The van der Waals surface area contributed by atoms with E-state index in [1.807, 2.05) is 0 Å². The van der Waals surface area contributed by atoms with Crippen LogP contribution in [0.1, 0.15) is 23.2 Å². The summed E-state index contributed by atoms with van der Waals surface area (Å²) in [6.45, 7) is 1.38. The van der Waals surface area contributed by atoms with E-state index in [1.165, 1.54) is 6.92 Å². The predicted molar refractivity (Wildman–Crippen MR) is 43.4 cm³/mol. The summed E-state index contributed by atoms with van der Waals surface area (Å²) in [6.07, 6.45) is -1.92. The molecule has 0 saturated heterocycles. The molecule has 5 heteroatoms. The van der Waals surface area contributed by atoms with Gasteiger partial charge in [0.25, 0.3) is 6.43 Å². The Morgan fingerprint density at radius 1 is 1.54 bits per heavy atom. The number of halogens is 4. The van der Waals surface area contributed by atoms with Gasteiger partial charge in [-0.05, 0) is 12.5 Å². The molecular formula is C8H7ClF3N. The van der Waals surface area contributed by atoms with Crippen molar-refractivity contribution in [1.82, 2.24) is 4.98 Å². The van der Waals surface area contributed by atoms with Gasteiger partial charge < -0.3 is 0 Å². The van der Waals surface area contributed by atoms with Crippen molar-refractivity contribution in [2.75, 3.05) is 0 Å². The number of rotatable bonds is 2. The molecule has 1 aromatic rings. The van der Waals surface area contributed by atoms with Crippen molar-refractivity contribution >= 4 is 11.6 Å². The van der Waals surface area contributed by atoms with Gasteiger partial charge in [-0.25, -0.2) is 13.2 Å².